The van der Waals surface area contributed by atoms with Gasteiger partial charge in [-0.3, -0.25) is 0 Å². The molecule has 0 fully saturated rings. The van der Waals surface area contributed by atoms with Gasteiger partial charge in [0.25, 0.3) is 0 Å². The molecule has 3 N–H and O–H groups in total. The predicted molar refractivity (Wildman–Crippen MR) is 61.1 cm³/mol. The van der Waals surface area contributed by atoms with E-state index in [1.54, 1.807) is 23.9 Å². The van der Waals surface area contributed by atoms with Crippen LogP contribution >= 0.6 is 23.4 Å². The molecule has 0 saturated heterocycles. The van der Waals surface area contributed by atoms with Crippen LogP contribution in [0.5, 0.6) is 0 Å². The summed E-state index contributed by atoms with van der Waals surface area (Å²) in [4.78, 5) is 11.7. The van der Waals surface area contributed by atoms with Gasteiger partial charge in [0.1, 0.15) is 0 Å². The minimum absolute atomic E-state index is 0.578. The number of rotatable bonds is 3. The number of hydrogen-bond acceptors (Lipinski definition) is 2. The van der Waals surface area contributed by atoms with Gasteiger partial charge in [0.15, 0.2) is 0 Å². The molecule has 2 amide bonds. The van der Waals surface area contributed by atoms with Crippen molar-refractivity contribution < 1.29 is 4.79 Å². The molecule has 1 aromatic rings. The lowest BCUT2D eigenvalue weighted by Crippen LogP contribution is -2.19. The molecule has 0 aliphatic rings. The van der Waals surface area contributed by atoms with E-state index in [0.717, 1.165) is 10.6 Å². The highest BCUT2D eigenvalue weighted by molar-refractivity contribution is 7.99. The van der Waals surface area contributed by atoms with E-state index < -0.39 is 6.03 Å². The summed E-state index contributed by atoms with van der Waals surface area (Å²) in [5, 5.41) is 3.11. The molecule has 76 valence electrons. The number of nitrogens with two attached hydrogens (primary N) is 1. The number of benzene rings is 1. The fraction of sp³-hybridized carbons (Fsp3) is 0.222. The number of thioether (sulfide) groups is 1. The molecule has 0 radical (unpaired) electrons. The normalized spacial score (nSPS) is 9.86. The van der Waals surface area contributed by atoms with Crippen molar-refractivity contribution in [3.63, 3.8) is 0 Å². The number of hydrogen-bond donors (Lipinski definition) is 2. The van der Waals surface area contributed by atoms with E-state index in [1.165, 1.54) is 0 Å². The quantitative estimate of drug-likeness (QED) is 0.785. The van der Waals surface area contributed by atoms with Gasteiger partial charge in [-0.25, -0.2) is 4.79 Å². The van der Waals surface area contributed by atoms with Gasteiger partial charge >= 0.3 is 6.03 Å². The maximum atomic E-state index is 10.7. The summed E-state index contributed by atoms with van der Waals surface area (Å²) in [7, 11) is 0. The standard InChI is InChI=1S/C9H11ClN2OS/c1-2-14-8-4-3-6(10)5-7(8)12-9(11)13/h3-5H,2H2,1H3,(H3,11,12,13). The van der Waals surface area contributed by atoms with Gasteiger partial charge in [-0.05, 0) is 24.0 Å². The zero-order chi connectivity index (χ0) is 10.6. The van der Waals surface area contributed by atoms with Crippen molar-refractivity contribution in [1.82, 2.24) is 0 Å². The fourth-order valence-electron chi connectivity index (χ4n) is 1.01. The lowest BCUT2D eigenvalue weighted by molar-refractivity contribution is 0.259. The van der Waals surface area contributed by atoms with Crippen LogP contribution in [0.15, 0.2) is 23.1 Å². The van der Waals surface area contributed by atoms with E-state index in [9.17, 15) is 4.79 Å². The number of anilines is 1. The Morgan fingerprint density at radius 2 is 2.36 bits per heavy atom. The van der Waals surface area contributed by atoms with Crippen molar-refractivity contribution in [3.8, 4) is 0 Å². The van der Waals surface area contributed by atoms with Gasteiger partial charge in [0.05, 0.1) is 5.69 Å². The molecule has 0 unspecified atom stereocenters. The Morgan fingerprint density at radius 3 is 2.93 bits per heavy atom. The minimum Gasteiger partial charge on any atom is -0.351 e. The van der Waals surface area contributed by atoms with Crippen LogP contribution in [0, 0.1) is 0 Å². The van der Waals surface area contributed by atoms with Crippen LogP contribution in [0.25, 0.3) is 0 Å². The Morgan fingerprint density at radius 1 is 1.64 bits per heavy atom. The van der Waals surface area contributed by atoms with Crippen LogP contribution in [-0.4, -0.2) is 11.8 Å². The maximum Gasteiger partial charge on any atom is 0.316 e. The van der Waals surface area contributed by atoms with Crippen LogP contribution < -0.4 is 11.1 Å². The summed E-state index contributed by atoms with van der Waals surface area (Å²) in [5.74, 6) is 0.926. The fourth-order valence-corrected chi connectivity index (χ4v) is 1.93. The summed E-state index contributed by atoms with van der Waals surface area (Å²) in [6.45, 7) is 2.04. The number of halogens is 1. The molecule has 0 bridgehead atoms. The van der Waals surface area contributed by atoms with Crippen LogP contribution in [0.4, 0.5) is 10.5 Å². The molecular formula is C9H11ClN2OS. The van der Waals surface area contributed by atoms with E-state index in [1.807, 2.05) is 13.0 Å². The third-order valence-corrected chi connectivity index (χ3v) is 2.69. The zero-order valence-electron chi connectivity index (χ0n) is 7.71. The second-order valence-electron chi connectivity index (χ2n) is 2.56. The van der Waals surface area contributed by atoms with Gasteiger partial charge in [-0.2, -0.15) is 0 Å². The van der Waals surface area contributed by atoms with Crippen molar-refractivity contribution in [2.24, 2.45) is 5.73 Å². The maximum absolute atomic E-state index is 10.7. The van der Waals surface area contributed by atoms with E-state index >= 15 is 0 Å². The van der Waals surface area contributed by atoms with Crippen LogP contribution in [0.1, 0.15) is 6.92 Å². The number of urea groups is 1. The summed E-state index contributed by atoms with van der Waals surface area (Å²) in [5.41, 5.74) is 5.70. The molecule has 0 spiro atoms. The average Bonchev–Trinajstić information content (AvgIpc) is 2.09. The lowest BCUT2D eigenvalue weighted by atomic mass is 10.3. The first-order valence-corrected chi connectivity index (χ1v) is 5.48. The topological polar surface area (TPSA) is 55.1 Å². The molecule has 1 rings (SSSR count). The number of carbonyl (C=O) groups is 1. The molecule has 0 aliphatic carbocycles. The van der Waals surface area contributed by atoms with Gasteiger partial charge < -0.3 is 11.1 Å². The zero-order valence-corrected chi connectivity index (χ0v) is 9.28. The number of carbonyl (C=O) groups excluding carboxylic acids is 1. The Balaban J connectivity index is 2.96. The highest BCUT2D eigenvalue weighted by Gasteiger charge is 2.04. The minimum atomic E-state index is -0.579. The Bertz CT molecular complexity index is 344. The van der Waals surface area contributed by atoms with Crippen molar-refractivity contribution in [3.05, 3.63) is 23.2 Å². The van der Waals surface area contributed by atoms with E-state index in [-0.39, 0.29) is 0 Å². The van der Waals surface area contributed by atoms with Crippen molar-refractivity contribution in [2.75, 3.05) is 11.1 Å². The first-order chi connectivity index (χ1) is 6.63. The van der Waals surface area contributed by atoms with Crippen LogP contribution in [0.3, 0.4) is 0 Å². The summed E-state index contributed by atoms with van der Waals surface area (Å²) in [6.07, 6.45) is 0. The number of amides is 2. The number of primary amides is 1. The van der Waals surface area contributed by atoms with Gasteiger partial charge in [0, 0.05) is 9.92 Å². The molecule has 0 aromatic heterocycles. The Hall–Kier alpha value is -0.870. The van der Waals surface area contributed by atoms with Crippen molar-refractivity contribution in [2.45, 2.75) is 11.8 Å². The molecule has 14 heavy (non-hydrogen) atoms. The monoisotopic (exact) mass is 230 g/mol. The predicted octanol–water partition coefficient (Wildman–Crippen LogP) is 2.94. The SMILES string of the molecule is CCSc1ccc(Cl)cc1NC(N)=O. The molecular weight excluding hydrogens is 220 g/mol. The highest BCUT2D eigenvalue weighted by Crippen LogP contribution is 2.29. The summed E-state index contributed by atoms with van der Waals surface area (Å²) >= 11 is 7.42. The third-order valence-electron chi connectivity index (χ3n) is 1.50. The van der Waals surface area contributed by atoms with Crippen LogP contribution in [-0.2, 0) is 0 Å². The third kappa shape index (κ3) is 3.12. The molecule has 0 heterocycles. The lowest BCUT2D eigenvalue weighted by Gasteiger charge is -2.08. The summed E-state index contributed by atoms with van der Waals surface area (Å²) in [6, 6.07) is 4.75. The first-order valence-electron chi connectivity index (χ1n) is 4.12. The largest absolute Gasteiger partial charge is 0.351 e. The second kappa shape index (κ2) is 5.12. The van der Waals surface area contributed by atoms with E-state index in [0.29, 0.717) is 10.7 Å². The highest BCUT2D eigenvalue weighted by atomic mass is 35.5. The molecule has 5 heteroatoms. The molecule has 1 aromatic carbocycles. The van der Waals surface area contributed by atoms with Gasteiger partial charge in [0.2, 0.25) is 0 Å². The first kappa shape index (κ1) is 11.2. The number of nitrogens with one attached hydrogen (secondary N) is 1. The molecule has 0 saturated carbocycles. The Kier molecular flexibility index (Phi) is 4.10. The van der Waals surface area contributed by atoms with Gasteiger partial charge in [-0.15, -0.1) is 11.8 Å². The van der Waals surface area contributed by atoms with Crippen LogP contribution in [0.2, 0.25) is 5.02 Å². The summed E-state index contributed by atoms with van der Waals surface area (Å²) < 4.78 is 0. The molecule has 0 aliphatic heterocycles. The van der Waals surface area contributed by atoms with E-state index in [2.05, 4.69) is 5.32 Å². The Labute approximate surface area is 92.0 Å². The van der Waals surface area contributed by atoms with Crippen molar-refractivity contribution in [1.29, 1.82) is 0 Å². The van der Waals surface area contributed by atoms with Gasteiger partial charge in [-0.1, -0.05) is 18.5 Å². The molecule has 0 atom stereocenters. The second-order valence-corrected chi connectivity index (χ2v) is 4.31. The van der Waals surface area contributed by atoms with E-state index in [4.69, 9.17) is 17.3 Å². The molecule has 3 nitrogen and oxygen atoms in total. The van der Waals surface area contributed by atoms with Crippen molar-refractivity contribution >= 4 is 35.1 Å². The average molecular weight is 231 g/mol. The smallest absolute Gasteiger partial charge is 0.316 e.